The third-order valence-electron chi connectivity index (χ3n) is 2.68. The van der Waals surface area contributed by atoms with Gasteiger partial charge in [0.25, 0.3) is 0 Å². The van der Waals surface area contributed by atoms with E-state index in [2.05, 4.69) is 18.2 Å². The van der Waals surface area contributed by atoms with E-state index in [9.17, 15) is 0 Å². The predicted octanol–water partition coefficient (Wildman–Crippen LogP) is 3.24. The molecule has 0 bridgehead atoms. The monoisotopic (exact) mass is 251 g/mol. The zero-order chi connectivity index (χ0) is 12.7. The maximum atomic E-state index is 5.97. The number of ether oxygens (including phenoxy) is 1. The van der Waals surface area contributed by atoms with Crippen LogP contribution in [0.1, 0.15) is 25.3 Å². The molecular weight excluding hydrogens is 234 g/mol. The second kappa shape index (κ2) is 7.21. The van der Waals surface area contributed by atoms with Crippen molar-refractivity contribution in [1.29, 1.82) is 0 Å². The molecule has 1 rings (SSSR count). The van der Waals surface area contributed by atoms with Gasteiger partial charge in [0.1, 0.15) is 5.75 Å². The number of halogens is 1. The number of hydrogen-bond donors (Lipinski definition) is 1. The molecule has 0 aliphatic heterocycles. The molecule has 0 aliphatic carbocycles. The van der Waals surface area contributed by atoms with Crippen LogP contribution in [0.3, 0.4) is 0 Å². The summed E-state index contributed by atoms with van der Waals surface area (Å²) in [4.78, 5) is 0. The van der Waals surface area contributed by atoms with E-state index in [-0.39, 0.29) is 0 Å². The second-order valence-electron chi connectivity index (χ2n) is 3.85. The Kier molecular flexibility index (Phi) is 5.90. The van der Waals surface area contributed by atoms with Crippen LogP contribution in [0.4, 0.5) is 0 Å². The highest BCUT2D eigenvalue weighted by atomic mass is 35.5. The van der Waals surface area contributed by atoms with Crippen LogP contribution in [0.2, 0.25) is 5.02 Å². The fraction of sp³-hybridized carbons (Fsp3) is 0.429. The SMILES string of the molecule is C#CCC(CC)NCc1cc(Cl)ccc1OC. The van der Waals surface area contributed by atoms with E-state index >= 15 is 0 Å². The Balaban J connectivity index is 2.67. The molecule has 0 heterocycles. The zero-order valence-electron chi connectivity index (χ0n) is 10.3. The van der Waals surface area contributed by atoms with Gasteiger partial charge in [-0.1, -0.05) is 18.5 Å². The molecule has 0 fully saturated rings. The average molecular weight is 252 g/mol. The first-order chi connectivity index (χ1) is 8.21. The lowest BCUT2D eigenvalue weighted by atomic mass is 10.1. The summed E-state index contributed by atoms with van der Waals surface area (Å²) in [6.07, 6.45) is 7.06. The lowest BCUT2D eigenvalue weighted by Crippen LogP contribution is -2.27. The summed E-state index contributed by atoms with van der Waals surface area (Å²) in [5.41, 5.74) is 1.05. The number of terminal acetylenes is 1. The maximum Gasteiger partial charge on any atom is 0.123 e. The molecule has 92 valence electrons. The minimum atomic E-state index is 0.337. The standard InChI is InChI=1S/C14H18ClNO/c1-4-6-13(5-2)16-10-11-9-12(15)7-8-14(11)17-3/h1,7-9,13,16H,5-6,10H2,2-3H3. The van der Waals surface area contributed by atoms with Gasteiger partial charge < -0.3 is 10.1 Å². The van der Waals surface area contributed by atoms with Gasteiger partial charge in [-0.15, -0.1) is 12.3 Å². The first-order valence-electron chi connectivity index (χ1n) is 5.70. The van der Waals surface area contributed by atoms with E-state index in [1.807, 2.05) is 18.2 Å². The number of nitrogens with one attached hydrogen (secondary N) is 1. The van der Waals surface area contributed by atoms with Crippen LogP contribution >= 0.6 is 11.6 Å². The molecule has 0 saturated heterocycles. The first kappa shape index (κ1) is 13.9. The molecule has 0 amide bonds. The van der Waals surface area contributed by atoms with Crippen LogP contribution < -0.4 is 10.1 Å². The number of hydrogen-bond acceptors (Lipinski definition) is 2. The minimum Gasteiger partial charge on any atom is -0.496 e. The molecule has 2 nitrogen and oxygen atoms in total. The Labute approximate surface area is 108 Å². The predicted molar refractivity (Wildman–Crippen MR) is 72.4 cm³/mol. The van der Waals surface area contributed by atoms with Crippen LogP contribution in [0, 0.1) is 12.3 Å². The van der Waals surface area contributed by atoms with Crippen LogP contribution in [-0.2, 0) is 6.54 Å². The van der Waals surface area contributed by atoms with E-state index in [0.29, 0.717) is 17.6 Å². The molecule has 17 heavy (non-hydrogen) atoms. The second-order valence-corrected chi connectivity index (χ2v) is 4.29. The summed E-state index contributed by atoms with van der Waals surface area (Å²) in [5.74, 6) is 3.52. The van der Waals surface area contributed by atoms with Crippen molar-refractivity contribution in [2.24, 2.45) is 0 Å². The van der Waals surface area contributed by atoms with Gasteiger partial charge in [-0.25, -0.2) is 0 Å². The van der Waals surface area contributed by atoms with Crippen LogP contribution in [0.25, 0.3) is 0 Å². The highest BCUT2D eigenvalue weighted by Gasteiger charge is 2.07. The van der Waals surface area contributed by atoms with Gasteiger partial charge in [0, 0.05) is 29.6 Å². The van der Waals surface area contributed by atoms with Gasteiger partial charge in [0.15, 0.2) is 0 Å². The lowest BCUT2D eigenvalue weighted by molar-refractivity contribution is 0.404. The Bertz CT molecular complexity index is 398. The third-order valence-corrected chi connectivity index (χ3v) is 2.92. The number of methoxy groups -OCH3 is 1. The normalized spacial score (nSPS) is 11.9. The molecule has 1 unspecified atom stereocenters. The fourth-order valence-electron chi connectivity index (χ4n) is 1.64. The van der Waals surface area contributed by atoms with Crippen molar-refractivity contribution in [3.63, 3.8) is 0 Å². The molecule has 1 aromatic rings. The Morgan fingerprint density at radius 2 is 2.29 bits per heavy atom. The summed E-state index contributed by atoms with van der Waals surface area (Å²) in [7, 11) is 1.66. The van der Waals surface area contributed by atoms with Gasteiger partial charge >= 0.3 is 0 Å². The molecule has 0 aromatic heterocycles. The third kappa shape index (κ3) is 4.30. The molecule has 3 heteroatoms. The molecule has 1 N–H and O–H groups in total. The molecular formula is C14H18ClNO. The van der Waals surface area contributed by atoms with E-state index in [1.165, 1.54) is 0 Å². The van der Waals surface area contributed by atoms with E-state index < -0.39 is 0 Å². The summed E-state index contributed by atoms with van der Waals surface area (Å²) in [5, 5.41) is 4.12. The molecule has 1 atom stereocenters. The number of rotatable bonds is 6. The van der Waals surface area contributed by atoms with Crippen molar-refractivity contribution in [1.82, 2.24) is 5.32 Å². The fourth-order valence-corrected chi connectivity index (χ4v) is 1.84. The summed E-state index contributed by atoms with van der Waals surface area (Å²) in [6, 6.07) is 5.95. The lowest BCUT2D eigenvalue weighted by Gasteiger charge is -2.16. The van der Waals surface area contributed by atoms with Gasteiger partial charge in [0.2, 0.25) is 0 Å². The Morgan fingerprint density at radius 3 is 2.88 bits per heavy atom. The van der Waals surface area contributed by atoms with Crippen LogP contribution in [0.15, 0.2) is 18.2 Å². The van der Waals surface area contributed by atoms with Crippen molar-refractivity contribution < 1.29 is 4.74 Å². The van der Waals surface area contributed by atoms with Crippen molar-refractivity contribution in [3.8, 4) is 18.1 Å². The van der Waals surface area contributed by atoms with Crippen molar-refractivity contribution in [2.75, 3.05) is 7.11 Å². The Morgan fingerprint density at radius 1 is 1.53 bits per heavy atom. The average Bonchev–Trinajstić information content (AvgIpc) is 2.34. The van der Waals surface area contributed by atoms with Crippen molar-refractivity contribution >= 4 is 11.6 Å². The Hall–Kier alpha value is -1.17. The molecule has 0 saturated carbocycles. The maximum absolute atomic E-state index is 5.97. The highest BCUT2D eigenvalue weighted by Crippen LogP contribution is 2.22. The van der Waals surface area contributed by atoms with Gasteiger partial charge in [-0.05, 0) is 24.6 Å². The highest BCUT2D eigenvalue weighted by molar-refractivity contribution is 6.30. The van der Waals surface area contributed by atoms with Gasteiger partial charge in [-0.3, -0.25) is 0 Å². The first-order valence-corrected chi connectivity index (χ1v) is 6.08. The largest absolute Gasteiger partial charge is 0.496 e. The summed E-state index contributed by atoms with van der Waals surface area (Å²) < 4.78 is 5.29. The van der Waals surface area contributed by atoms with E-state index in [0.717, 1.165) is 24.2 Å². The minimum absolute atomic E-state index is 0.337. The molecule has 1 aromatic carbocycles. The number of benzene rings is 1. The quantitative estimate of drug-likeness (QED) is 0.784. The summed E-state index contributed by atoms with van der Waals surface area (Å²) >= 11 is 5.97. The van der Waals surface area contributed by atoms with E-state index in [4.69, 9.17) is 22.8 Å². The van der Waals surface area contributed by atoms with Gasteiger partial charge in [-0.2, -0.15) is 0 Å². The smallest absolute Gasteiger partial charge is 0.123 e. The van der Waals surface area contributed by atoms with Gasteiger partial charge in [0.05, 0.1) is 7.11 Å². The zero-order valence-corrected chi connectivity index (χ0v) is 11.1. The topological polar surface area (TPSA) is 21.3 Å². The molecule has 0 spiro atoms. The van der Waals surface area contributed by atoms with Crippen molar-refractivity contribution in [3.05, 3.63) is 28.8 Å². The van der Waals surface area contributed by atoms with Crippen LogP contribution in [0.5, 0.6) is 5.75 Å². The van der Waals surface area contributed by atoms with E-state index in [1.54, 1.807) is 7.11 Å². The van der Waals surface area contributed by atoms with Crippen molar-refractivity contribution in [2.45, 2.75) is 32.4 Å². The molecule has 0 radical (unpaired) electrons. The summed E-state index contributed by atoms with van der Waals surface area (Å²) in [6.45, 7) is 2.83. The molecule has 0 aliphatic rings. The van der Waals surface area contributed by atoms with Crippen LogP contribution in [-0.4, -0.2) is 13.2 Å².